The molecule has 1 fully saturated rings. The molecule has 0 aromatic heterocycles. The van der Waals surface area contributed by atoms with Crippen molar-refractivity contribution < 1.29 is 4.79 Å². The Morgan fingerprint density at radius 3 is 2.57 bits per heavy atom. The van der Waals surface area contributed by atoms with Crippen molar-refractivity contribution in [1.82, 2.24) is 10.6 Å². The van der Waals surface area contributed by atoms with Gasteiger partial charge in [0.25, 0.3) is 0 Å². The van der Waals surface area contributed by atoms with Crippen LogP contribution in [-0.4, -0.2) is 25.0 Å². The summed E-state index contributed by atoms with van der Waals surface area (Å²) >= 11 is 0. The van der Waals surface area contributed by atoms with E-state index in [2.05, 4.69) is 55.7 Å². The average Bonchev–Trinajstić information content (AvgIpc) is 2.91. The fraction of sp³-hybridized carbons (Fsp3) is 0.611. The molecule has 3 heteroatoms. The largest absolute Gasteiger partial charge is 0.356 e. The Morgan fingerprint density at radius 2 is 2.00 bits per heavy atom. The molecule has 0 bridgehead atoms. The van der Waals surface area contributed by atoms with E-state index in [9.17, 15) is 4.79 Å². The van der Waals surface area contributed by atoms with Crippen molar-refractivity contribution in [3.8, 4) is 0 Å². The molecule has 0 radical (unpaired) electrons. The van der Waals surface area contributed by atoms with Gasteiger partial charge in [0.05, 0.1) is 0 Å². The molecular weight excluding hydrogens is 260 g/mol. The molecular formula is C18H28N2O. The first-order valence-electron chi connectivity index (χ1n) is 8.04. The van der Waals surface area contributed by atoms with Gasteiger partial charge in [-0.25, -0.2) is 0 Å². The van der Waals surface area contributed by atoms with Crippen LogP contribution < -0.4 is 10.6 Å². The fourth-order valence-electron chi connectivity index (χ4n) is 2.74. The van der Waals surface area contributed by atoms with Gasteiger partial charge < -0.3 is 10.6 Å². The van der Waals surface area contributed by atoms with Crippen molar-refractivity contribution in [2.24, 2.45) is 0 Å². The molecule has 0 aliphatic carbocycles. The maximum atomic E-state index is 11.8. The van der Waals surface area contributed by atoms with Crippen molar-refractivity contribution in [1.29, 1.82) is 0 Å². The van der Waals surface area contributed by atoms with E-state index in [-0.39, 0.29) is 11.3 Å². The molecule has 0 spiro atoms. The maximum Gasteiger partial charge on any atom is 0.221 e. The van der Waals surface area contributed by atoms with Crippen LogP contribution in [0.5, 0.6) is 0 Å². The van der Waals surface area contributed by atoms with Gasteiger partial charge in [0, 0.05) is 19.0 Å². The van der Waals surface area contributed by atoms with Crippen molar-refractivity contribution >= 4 is 5.91 Å². The van der Waals surface area contributed by atoms with E-state index in [1.165, 1.54) is 17.5 Å². The Morgan fingerprint density at radius 1 is 1.29 bits per heavy atom. The maximum absolute atomic E-state index is 11.8. The highest BCUT2D eigenvalue weighted by molar-refractivity contribution is 5.76. The number of benzene rings is 1. The summed E-state index contributed by atoms with van der Waals surface area (Å²) in [5, 5.41) is 6.38. The van der Waals surface area contributed by atoms with E-state index in [1.54, 1.807) is 0 Å². The number of carbonyl (C=O) groups excluding carboxylic acids is 1. The summed E-state index contributed by atoms with van der Waals surface area (Å²) in [6.45, 7) is 8.44. The number of carbonyl (C=O) groups is 1. The van der Waals surface area contributed by atoms with E-state index >= 15 is 0 Å². The molecule has 3 nitrogen and oxygen atoms in total. The zero-order valence-electron chi connectivity index (χ0n) is 13.5. The van der Waals surface area contributed by atoms with Crippen LogP contribution in [-0.2, 0) is 16.6 Å². The fourth-order valence-corrected chi connectivity index (χ4v) is 2.74. The summed E-state index contributed by atoms with van der Waals surface area (Å²) in [7, 11) is 0. The van der Waals surface area contributed by atoms with Gasteiger partial charge in [0.1, 0.15) is 0 Å². The number of hydrogen-bond acceptors (Lipinski definition) is 2. The number of amides is 1. The molecule has 21 heavy (non-hydrogen) atoms. The third-order valence-electron chi connectivity index (χ3n) is 4.15. The summed E-state index contributed by atoms with van der Waals surface area (Å²) in [6.07, 6.45) is 3.83. The highest BCUT2D eigenvalue weighted by atomic mass is 16.1. The van der Waals surface area contributed by atoms with E-state index < -0.39 is 0 Å². The number of nitrogens with one attached hydrogen (secondary N) is 2. The normalized spacial score (nSPS) is 18.7. The Labute approximate surface area is 128 Å². The third kappa shape index (κ3) is 5.16. The molecule has 1 aliphatic heterocycles. The predicted molar refractivity (Wildman–Crippen MR) is 87.5 cm³/mol. The average molecular weight is 288 g/mol. The molecule has 1 aliphatic rings. The van der Waals surface area contributed by atoms with Crippen LogP contribution >= 0.6 is 0 Å². The summed E-state index contributed by atoms with van der Waals surface area (Å²) < 4.78 is 0. The molecule has 1 heterocycles. The second-order valence-corrected chi connectivity index (χ2v) is 7.04. The van der Waals surface area contributed by atoms with Crippen molar-refractivity contribution in [3.63, 3.8) is 0 Å². The lowest BCUT2D eigenvalue weighted by Crippen LogP contribution is -2.32. The molecule has 1 unspecified atom stereocenters. The first kappa shape index (κ1) is 16.0. The van der Waals surface area contributed by atoms with Crippen molar-refractivity contribution in [3.05, 3.63) is 35.4 Å². The first-order valence-corrected chi connectivity index (χ1v) is 8.04. The molecule has 2 rings (SSSR count). The molecule has 2 N–H and O–H groups in total. The lowest BCUT2D eigenvalue weighted by atomic mass is 9.86. The standard InChI is InChI=1S/C18H28N2O/c1-18(2,3)15-8-6-14(7-9-15)10-12-20-17(21)13-16-5-4-11-19-16/h6-9,16,19H,4-5,10-13H2,1-3H3,(H,20,21). The number of rotatable bonds is 5. The van der Waals surface area contributed by atoms with Crippen LogP contribution in [0.3, 0.4) is 0 Å². The zero-order chi connectivity index (χ0) is 15.3. The van der Waals surface area contributed by atoms with Gasteiger partial charge in [-0.15, -0.1) is 0 Å². The van der Waals surface area contributed by atoms with Gasteiger partial charge in [-0.3, -0.25) is 4.79 Å². The summed E-state index contributed by atoms with van der Waals surface area (Å²) in [5.74, 6) is 0.167. The molecule has 0 saturated carbocycles. The molecule has 1 aromatic carbocycles. The Kier molecular flexibility index (Phi) is 5.40. The van der Waals surface area contributed by atoms with E-state index in [1.807, 2.05) is 0 Å². The van der Waals surface area contributed by atoms with Crippen LogP contribution in [0.25, 0.3) is 0 Å². The molecule has 1 amide bonds. The monoisotopic (exact) mass is 288 g/mol. The van der Waals surface area contributed by atoms with E-state index in [0.29, 0.717) is 12.5 Å². The van der Waals surface area contributed by atoms with Gasteiger partial charge in [-0.05, 0) is 42.3 Å². The first-order chi connectivity index (χ1) is 9.95. The number of hydrogen-bond donors (Lipinski definition) is 2. The van der Waals surface area contributed by atoms with Crippen LogP contribution in [0.15, 0.2) is 24.3 Å². The highest BCUT2D eigenvalue weighted by Gasteiger charge is 2.17. The van der Waals surface area contributed by atoms with Gasteiger partial charge in [-0.2, -0.15) is 0 Å². The molecule has 1 aromatic rings. The minimum Gasteiger partial charge on any atom is -0.356 e. The van der Waals surface area contributed by atoms with Crippen molar-refractivity contribution in [2.45, 2.75) is 57.9 Å². The van der Waals surface area contributed by atoms with Gasteiger partial charge in [-0.1, -0.05) is 45.0 Å². The quantitative estimate of drug-likeness (QED) is 0.875. The lowest BCUT2D eigenvalue weighted by molar-refractivity contribution is -0.121. The predicted octanol–water partition coefficient (Wildman–Crippen LogP) is 2.78. The molecule has 1 atom stereocenters. The Balaban J connectivity index is 1.71. The lowest BCUT2D eigenvalue weighted by Gasteiger charge is -2.19. The van der Waals surface area contributed by atoms with Crippen molar-refractivity contribution in [2.75, 3.05) is 13.1 Å². The van der Waals surface area contributed by atoms with Crippen LogP contribution in [0, 0.1) is 0 Å². The van der Waals surface area contributed by atoms with E-state index in [0.717, 1.165) is 25.9 Å². The van der Waals surface area contributed by atoms with Gasteiger partial charge >= 0.3 is 0 Å². The van der Waals surface area contributed by atoms with Gasteiger partial charge in [0.15, 0.2) is 0 Å². The summed E-state index contributed by atoms with van der Waals surface area (Å²) in [6, 6.07) is 9.12. The van der Waals surface area contributed by atoms with Gasteiger partial charge in [0.2, 0.25) is 5.91 Å². The third-order valence-corrected chi connectivity index (χ3v) is 4.15. The minimum absolute atomic E-state index is 0.167. The molecule has 1 saturated heterocycles. The van der Waals surface area contributed by atoms with Crippen LogP contribution in [0.2, 0.25) is 0 Å². The Bertz CT molecular complexity index is 453. The topological polar surface area (TPSA) is 41.1 Å². The molecule has 116 valence electrons. The van der Waals surface area contributed by atoms with Crippen LogP contribution in [0.4, 0.5) is 0 Å². The smallest absolute Gasteiger partial charge is 0.221 e. The zero-order valence-corrected chi connectivity index (χ0v) is 13.5. The summed E-state index contributed by atoms with van der Waals surface area (Å²) in [5.41, 5.74) is 2.82. The Hall–Kier alpha value is -1.35. The van der Waals surface area contributed by atoms with Crippen LogP contribution in [0.1, 0.15) is 51.2 Å². The minimum atomic E-state index is 0.167. The highest BCUT2D eigenvalue weighted by Crippen LogP contribution is 2.22. The second kappa shape index (κ2) is 7.08. The SMILES string of the molecule is CC(C)(C)c1ccc(CCNC(=O)CC2CCCN2)cc1. The van der Waals surface area contributed by atoms with E-state index in [4.69, 9.17) is 0 Å². The summed E-state index contributed by atoms with van der Waals surface area (Å²) in [4.78, 5) is 11.8. The second-order valence-electron chi connectivity index (χ2n) is 7.04.